The second-order valence-corrected chi connectivity index (χ2v) is 5.78. The number of tetrazole rings is 1. The first kappa shape index (κ1) is 16.7. The minimum atomic E-state index is -0.588. The zero-order valence-corrected chi connectivity index (χ0v) is 14.1. The number of aromatic nitrogens is 4. The summed E-state index contributed by atoms with van der Waals surface area (Å²) in [6.07, 6.45) is 1.60. The number of thioether (sulfide) groups is 1. The number of hydrogen-bond donors (Lipinski definition) is 0. The van der Waals surface area contributed by atoms with E-state index in [0.717, 1.165) is 11.3 Å². The van der Waals surface area contributed by atoms with Crippen molar-refractivity contribution in [2.45, 2.75) is 12.1 Å². The first-order valence-corrected chi connectivity index (χ1v) is 7.97. The van der Waals surface area contributed by atoms with Gasteiger partial charge in [-0.2, -0.15) is 4.68 Å². The van der Waals surface area contributed by atoms with Gasteiger partial charge in [0.25, 0.3) is 0 Å². The van der Waals surface area contributed by atoms with Gasteiger partial charge in [0.1, 0.15) is 22.1 Å². The Balaban J connectivity index is 1.81. The lowest BCUT2D eigenvalue weighted by molar-refractivity contribution is -0.402. The minimum Gasteiger partial charge on any atom is -0.494 e. The van der Waals surface area contributed by atoms with Gasteiger partial charge in [-0.05, 0) is 52.6 Å². The molecular weight excluding hydrogens is 346 g/mol. The first-order valence-electron chi connectivity index (χ1n) is 7.09. The first-order chi connectivity index (χ1) is 12.1. The van der Waals surface area contributed by atoms with Crippen LogP contribution in [0.1, 0.15) is 11.3 Å². The largest absolute Gasteiger partial charge is 0.494 e. The Kier molecular flexibility index (Phi) is 4.80. The number of ether oxygens (including phenoxy) is 1. The van der Waals surface area contributed by atoms with E-state index >= 15 is 0 Å². The van der Waals surface area contributed by atoms with Crippen molar-refractivity contribution >= 4 is 23.7 Å². The molecule has 0 aliphatic rings. The van der Waals surface area contributed by atoms with Gasteiger partial charge in [0.15, 0.2) is 0 Å². The van der Waals surface area contributed by atoms with E-state index in [-0.39, 0.29) is 5.88 Å². The Hall–Kier alpha value is -3.14. The standard InChI is InChI=1S/C15H13N5O4S/c1-10-3-5-13(23-2)12(9-10)19-15(16-17-18-19)25-8-7-11-4-6-14(24-11)20(21)22/h3-9H,1-2H3/b8-7+. The van der Waals surface area contributed by atoms with Crippen molar-refractivity contribution in [1.29, 1.82) is 0 Å². The van der Waals surface area contributed by atoms with Gasteiger partial charge in [0.05, 0.1) is 13.2 Å². The topological polar surface area (TPSA) is 109 Å². The zero-order valence-electron chi connectivity index (χ0n) is 13.3. The van der Waals surface area contributed by atoms with Crippen LogP contribution in [0.5, 0.6) is 5.75 Å². The van der Waals surface area contributed by atoms with Crippen LogP contribution in [-0.4, -0.2) is 32.2 Å². The van der Waals surface area contributed by atoms with Crippen LogP contribution in [-0.2, 0) is 0 Å². The van der Waals surface area contributed by atoms with Crippen LogP contribution in [0.2, 0.25) is 0 Å². The Morgan fingerprint density at radius 2 is 2.20 bits per heavy atom. The minimum absolute atomic E-state index is 0.306. The predicted molar refractivity (Wildman–Crippen MR) is 90.7 cm³/mol. The lowest BCUT2D eigenvalue weighted by Crippen LogP contribution is -2.02. The van der Waals surface area contributed by atoms with Crippen molar-refractivity contribution in [3.63, 3.8) is 0 Å². The Morgan fingerprint density at radius 3 is 2.92 bits per heavy atom. The molecule has 9 nitrogen and oxygen atoms in total. The van der Waals surface area contributed by atoms with Crippen molar-refractivity contribution < 1.29 is 14.1 Å². The summed E-state index contributed by atoms with van der Waals surface area (Å²) in [4.78, 5) is 10.0. The van der Waals surface area contributed by atoms with E-state index < -0.39 is 4.92 Å². The number of hydrogen-bond acceptors (Lipinski definition) is 8. The molecule has 0 bridgehead atoms. The molecule has 2 aromatic heterocycles. The van der Waals surface area contributed by atoms with Crippen LogP contribution in [0.4, 0.5) is 5.88 Å². The van der Waals surface area contributed by atoms with Gasteiger partial charge >= 0.3 is 5.88 Å². The third kappa shape index (κ3) is 3.69. The van der Waals surface area contributed by atoms with Crippen LogP contribution in [0.15, 0.2) is 45.3 Å². The number of aryl methyl sites for hydroxylation is 1. The normalized spacial score (nSPS) is 11.1. The van der Waals surface area contributed by atoms with Gasteiger partial charge in [-0.1, -0.05) is 17.8 Å². The molecule has 0 spiro atoms. The Labute approximate surface area is 146 Å². The summed E-state index contributed by atoms with van der Waals surface area (Å²) in [5.74, 6) is 0.704. The van der Waals surface area contributed by atoms with Gasteiger partial charge in [0.2, 0.25) is 5.16 Å². The van der Waals surface area contributed by atoms with E-state index in [1.54, 1.807) is 23.3 Å². The number of furan rings is 1. The smallest absolute Gasteiger partial charge is 0.433 e. The molecule has 0 saturated heterocycles. The number of benzene rings is 1. The van der Waals surface area contributed by atoms with E-state index in [9.17, 15) is 10.1 Å². The van der Waals surface area contributed by atoms with Gasteiger partial charge < -0.3 is 9.15 Å². The van der Waals surface area contributed by atoms with Gasteiger partial charge in [-0.15, -0.1) is 5.10 Å². The van der Waals surface area contributed by atoms with Crippen molar-refractivity contribution in [2.24, 2.45) is 0 Å². The highest BCUT2D eigenvalue weighted by atomic mass is 32.2. The summed E-state index contributed by atoms with van der Waals surface area (Å²) in [6, 6.07) is 8.51. The van der Waals surface area contributed by atoms with E-state index in [0.29, 0.717) is 16.7 Å². The quantitative estimate of drug-likeness (QED) is 0.375. The molecule has 0 fully saturated rings. The average molecular weight is 359 g/mol. The van der Waals surface area contributed by atoms with Gasteiger partial charge in [-0.3, -0.25) is 10.1 Å². The second-order valence-electron chi connectivity index (χ2n) is 4.90. The number of rotatable bonds is 6. The maximum atomic E-state index is 10.6. The maximum Gasteiger partial charge on any atom is 0.433 e. The van der Waals surface area contributed by atoms with E-state index in [4.69, 9.17) is 9.15 Å². The average Bonchev–Trinajstić information content (AvgIpc) is 3.24. The van der Waals surface area contributed by atoms with Gasteiger partial charge in [-0.25, -0.2) is 0 Å². The summed E-state index contributed by atoms with van der Waals surface area (Å²) < 4.78 is 12.0. The molecule has 0 N–H and O–H groups in total. The summed E-state index contributed by atoms with van der Waals surface area (Å²) >= 11 is 1.25. The van der Waals surface area contributed by atoms with Crippen molar-refractivity contribution in [3.05, 3.63) is 57.2 Å². The summed E-state index contributed by atoms with van der Waals surface area (Å²) in [5.41, 5.74) is 1.76. The third-order valence-corrected chi connectivity index (χ3v) is 3.94. The van der Waals surface area contributed by atoms with E-state index in [1.165, 1.54) is 23.9 Å². The fourth-order valence-electron chi connectivity index (χ4n) is 2.06. The van der Waals surface area contributed by atoms with Crippen LogP contribution < -0.4 is 4.74 Å². The SMILES string of the molecule is COc1ccc(C)cc1-n1nnnc1S/C=C/c1ccc([N+](=O)[O-])o1. The molecule has 0 atom stereocenters. The molecule has 3 aromatic rings. The van der Waals surface area contributed by atoms with Crippen LogP contribution in [0.3, 0.4) is 0 Å². The second kappa shape index (κ2) is 7.18. The van der Waals surface area contributed by atoms with E-state index in [2.05, 4.69) is 15.5 Å². The van der Waals surface area contributed by atoms with Crippen LogP contribution >= 0.6 is 11.8 Å². The molecule has 10 heteroatoms. The van der Waals surface area contributed by atoms with Crippen LogP contribution in [0.25, 0.3) is 11.8 Å². The number of nitro groups is 1. The van der Waals surface area contributed by atoms with Gasteiger partial charge in [0, 0.05) is 0 Å². The molecule has 3 rings (SSSR count). The third-order valence-electron chi connectivity index (χ3n) is 3.20. The summed E-state index contributed by atoms with van der Waals surface area (Å²) in [6.45, 7) is 1.96. The molecule has 25 heavy (non-hydrogen) atoms. The Morgan fingerprint density at radius 1 is 1.36 bits per heavy atom. The number of nitrogens with zero attached hydrogens (tertiary/aromatic N) is 5. The molecule has 2 heterocycles. The monoisotopic (exact) mass is 359 g/mol. The Bertz CT molecular complexity index is 934. The molecular formula is C15H13N5O4S. The molecule has 0 aliphatic heterocycles. The van der Waals surface area contributed by atoms with Crippen molar-refractivity contribution in [1.82, 2.24) is 20.2 Å². The fourth-order valence-corrected chi connectivity index (χ4v) is 2.70. The highest BCUT2D eigenvalue weighted by Gasteiger charge is 2.13. The van der Waals surface area contributed by atoms with E-state index in [1.807, 2.05) is 25.1 Å². The molecule has 0 unspecified atom stereocenters. The number of methoxy groups -OCH3 is 1. The zero-order chi connectivity index (χ0) is 17.8. The highest BCUT2D eigenvalue weighted by molar-refractivity contribution is 8.02. The lowest BCUT2D eigenvalue weighted by Gasteiger charge is -2.09. The predicted octanol–water partition coefficient (Wildman–Crippen LogP) is 3.24. The van der Waals surface area contributed by atoms with Crippen molar-refractivity contribution in [3.8, 4) is 11.4 Å². The fraction of sp³-hybridized carbons (Fsp3) is 0.133. The molecule has 0 radical (unpaired) electrons. The summed E-state index contributed by atoms with van der Waals surface area (Å²) in [5, 5.41) is 24.5. The summed E-state index contributed by atoms with van der Waals surface area (Å²) in [7, 11) is 1.58. The molecule has 1 aromatic carbocycles. The molecule has 128 valence electrons. The molecule has 0 aliphatic carbocycles. The van der Waals surface area contributed by atoms with Crippen molar-refractivity contribution in [2.75, 3.05) is 7.11 Å². The molecule has 0 saturated carbocycles. The molecule has 0 amide bonds. The highest BCUT2D eigenvalue weighted by Crippen LogP contribution is 2.28. The maximum absolute atomic E-state index is 10.6. The lowest BCUT2D eigenvalue weighted by atomic mass is 10.2. The van der Waals surface area contributed by atoms with Crippen LogP contribution in [0, 0.1) is 17.0 Å².